The molecule has 1 aromatic rings. The van der Waals surface area contributed by atoms with Gasteiger partial charge in [-0.15, -0.1) is 0 Å². The van der Waals surface area contributed by atoms with E-state index in [2.05, 4.69) is 4.74 Å². The molecule has 0 aliphatic rings. The molecule has 0 atom stereocenters. The van der Waals surface area contributed by atoms with Crippen molar-refractivity contribution in [3.63, 3.8) is 0 Å². The number of hydrogen-bond acceptors (Lipinski definition) is 2. The van der Waals surface area contributed by atoms with Crippen LogP contribution >= 0.6 is 0 Å². The molecule has 0 aromatic heterocycles. The average Bonchev–Trinajstić information content (AvgIpc) is 2.06. The number of rotatable bonds is 2. The Morgan fingerprint density at radius 2 is 2.08 bits per heavy atom. The third-order valence-corrected chi connectivity index (χ3v) is 1.57. The molecule has 0 saturated carbocycles. The predicted octanol–water partition coefficient (Wildman–Crippen LogP) is 1.43. The minimum absolute atomic E-state index is 0.0110. The van der Waals surface area contributed by atoms with Crippen LogP contribution in [0.25, 0.3) is 0 Å². The lowest BCUT2D eigenvalue weighted by atomic mass is 10.2. The zero-order valence-electron chi connectivity index (χ0n) is 6.60. The van der Waals surface area contributed by atoms with E-state index in [1.165, 1.54) is 13.2 Å². The van der Waals surface area contributed by atoms with Gasteiger partial charge < -0.3 is 10.5 Å². The van der Waals surface area contributed by atoms with E-state index in [9.17, 15) is 8.78 Å². The van der Waals surface area contributed by atoms with Crippen molar-refractivity contribution < 1.29 is 13.5 Å². The second kappa shape index (κ2) is 3.49. The Morgan fingerprint density at radius 3 is 2.58 bits per heavy atom. The zero-order chi connectivity index (χ0) is 9.14. The molecule has 66 valence electrons. The van der Waals surface area contributed by atoms with E-state index in [-0.39, 0.29) is 17.9 Å². The number of hydrogen-bond donors (Lipinski definition) is 1. The van der Waals surface area contributed by atoms with Crippen LogP contribution < -0.4 is 10.5 Å². The molecule has 2 nitrogen and oxygen atoms in total. The molecule has 12 heavy (non-hydrogen) atoms. The van der Waals surface area contributed by atoms with Crippen molar-refractivity contribution in [1.82, 2.24) is 0 Å². The molecular weight excluding hydrogens is 164 g/mol. The smallest absolute Gasteiger partial charge is 0.172 e. The van der Waals surface area contributed by atoms with E-state index >= 15 is 0 Å². The molecule has 0 amide bonds. The van der Waals surface area contributed by atoms with Crippen molar-refractivity contribution in [3.05, 3.63) is 29.3 Å². The van der Waals surface area contributed by atoms with Crippen molar-refractivity contribution >= 4 is 0 Å². The fourth-order valence-corrected chi connectivity index (χ4v) is 0.921. The van der Waals surface area contributed by atoms with Crippen molar-refractivity contribution in [2.75, 3.05) is 7.11 Å². The maximum absolute atomic E-state index is 13.1. The Kier molecular flexibility index (Phi) is 2.60. The molecular formula is C8H9F2NO. The third-order valence-electron chi connectivity index (χ3n) is 1.57. The highest BCUT2D eigenvalue weighted by atomic mass is 19.1. The number of nitrogens with two attached hydrogens (primary N) is 1. The van der Waals surface area contributed by atoms with E-state index in [1.807, 2.05) is 0 Å². The van der Waals surface area contributed by atoms with Gasteiger partial charge >= 0.3 is 0 Å². The topological polar surface area (TPSA) is 35.2 Å². The van der Waals surface area contributed by atoms with Gasteiger partial charge in [0, 0.05) is 12.1 Å². The molecule has 0 aliphatic carbocycles. The number of halogens is 2. The normalized spacial score (nSPS) is 10.0. The maximum Gasteiger partial charge on any atom is 0.172 e. The Bertz CT molecular complexity index is 289. The van der Waals surface area contributed by atoms with Gasteiger partial charge in [0.15, 0.2) is 11.6 Å². The predicted molar refractivity (Wildman–Crippen MR) is 40.8 cm³/mol. The minimum Gasteiger partial charge on any atom is -0.494 e. The average molecular weight is 173 g/mol. The lowest BCUT2D eigenvalue weighted by Gasteiger charge is -2.05. The van der Waals surface area contributed by atoms with Gasteiger partial charge in [0.1, 0.15) is 5.82 Å². The maximum atomic E-state index is 13.1. The summed E-state index contributed by atoms with van der Waals surface area (Å²) in [6.07, 6.45) is 0. The van der Waals surface area contributed by atoms with E-state index in [1.54, 1.807) is 0 Å². The summed E-state index contributed by atoms with van der Waals surface area (Å²) in [5.74, 6) is -1.35. The standard InChI is InChI=1S/C8H9F2NO/c1-12-7-3-2-6(9)5(4-11)8(7)10/h2-3H,4,11H2,1H3. The van der Waals surface area contributed by atoms with Gasteiger partial charge in [-0.2, -0.15) is 0 Å². The second-order valence-corrected chi connectivity index (χ2v) is 2.25. The summed E-state index contributed by atoms with van der Waals surface area (Å²) < 4.78 is 30.5. The number of ether oxygens (including phenoxy) is 1. The molecule has 0 bridgehead atoms. The van der Waals surface area contributed by atoms with Crippen LogP contribution in [0.4, 0.5) is 8.78 Å². The number of benzene rings is 1. The molecule has 0 spiro atoms. The summed E-state index contributed by atoms with van der Waals surface area (Å²) in [7, 11) is 1.32. The first-order chi connectivity index (χ1) is 5.70. The Hall–Kier alpha value is -1.16. The Morgan fingerprint density at radius 1 is 1.42 bits per heavy atom. The van der Waals surface area contributed by atoms with Crippen LogP contribution in [0.15, 0.2) is 12.1 Å². The SMILES string of the molecule is COc1ccc(F)c(CN)c1F. The van der Waals surface area contributed by atoms with Crippen LogP contribution in [0.5, 0.6) is 5.75 Å². The first-order valence-electron chi connectivity index (χ1n) is 3.41. The fraction of sp³-hybridized carbons (Fsp3) is 0.250. The summed E-state index contributed by atoms with van der Waals surface area (Å²) in [4.78, 5) is 0. The third kappa shape index (κ3) is 1.38. The van der Waals surface area contributed by atoms with Gasteiger partial charge in [-0.25, -0.2) is 8.78 Å². The summed E-state index contributed by atoms with van der Waals surface area (Å²) >= 11 is 0. The Labute approximate surface area is 68.9 Å². The molecule has 1 rings (SSSR count). The van der Waals surface area contributed by atoms with Gasteiger partial charge in [-0.05, 0) is 12.1 Å². The first-order valence-corrected chi connectivity index (χ1v) is 3.41. The quantitative estimate of drug-likeness (QED) is 0.734. The molecule has 2 N–H and O–H groups in total. The second-order valence-electron chi connectivity index (χ2n) is 2.25. The van der Waals surface area contributed by atoms with Crippen LogP contribution in [0, 0.1) is 11.6 Å². The van der Waals surface area contributed by atoms with Crippen LogP contribution in [-0.2, 0) is 6.54 Å². The molecule has 4 heteroatoms. The van der Waals surface area contributed by atoms with Gasteiger partial charge in [-0.3, -0.25) is 0 Å². The molecule has 0 unspecified atom stereocenters. The van der Waals surface area contributed by atoms with Gasteiger partial charge in [0.05, 0.1) is 7.11 Å². The summed E-state index contributed by atoms with van der Waals surface area (Å²) in [6, 6.07) is 2.36. The Balaban J connectivity index is 3.24. The van der Waals surface area contributed by atoms with Crippen molar-refractivity contribution in [2.45, 2.75) is 6.54 Å². The van der Waals surface area contributed by atoms with Crippen LogP contribution in [0.2, 0.25) is 0 Å². The molecule has 0 aliphatic heterocycles. The largest absolute Gasteiger partial charge is 0.494 e. The first kappa shape index (κ1) is 8.93. The summed E-state index contributed by atoms with van der Waals surface area (Å²) in [5, 5.41) is 0. The molecule has 0 saturated heterocycles. The van der Waals surface area contributed by atoms with Crippen LogP contribution in [0.1, 0.15) is 5.56 Å². The van der Waals surface area contributed by atoms with Gasteiger partial charge in [-0.1, -0.05) is 0 Å². The lowest BCUT2D eigenvalue weighted by molar-refractivity contribution is 0.380. The summed E-state index contributed by atoms with van der Waals surface area (Å²) in [6.45, 7) is -0.172. The van der Waals surface area contributed by atoms with E-state index < -0.39 is 11.6 Å². The van der Waals surface area contributed by atoms with Crippen LogP contribution in [-0.4, -0.2) is 7.11 Å². The monoisotopic (exact) mass is 173 g/mol. The van der Waals surface area contributed by atoms with E-state index in [0.29, 0.717) is 0 Å². The molecule has 0 radical (unpaired) electrons. The summed E-state index contributed by atoms with van der Waals surface area (Å²) in [5.41, 5.74) is 5.00. The highest BCUT2D eigenvalue weighted by Gasteiger charge is 2.11. The van der Waals surface area contributed by atoms with E-state index in [4.69, 9.17) is 5.73 Å². The highest BCUT2D eigenvalue weighted by Crippen LogP contribution is 2.22. The van der Waals surface area contributed by atoms with Gasteiger partial charge in [0.25, 0.3) is 0 Å². The minimum atomic E-state index is -0.722. The number of methoxy groups -OCH3 is 1. The molecule has 0 heterocycles. The molecule has 0 fully saturated rings. The molecule has 1 aromatic carbocycles. The van der Waals surface area contributed by atoms with Crippen molar-refractivity contribution in [1.29, 1.82) is 0 Å². The highest BCUT2D eigenvalue weighted by molar-refractivity contribution is 5.32. The van der Waals surface area contributed by atoms with Crippen LogP contribution in [0.3, 0.4) is 0 Å². The zero-order valence-corrected chi connectivity index (χ0v) is 6.60. The fourth-order valence-electron chi connectivity index (χ4n) is 0.921. The lowest BCUT2D eigenvalue weighted by Crippen LogP contribution is -2.04. The van der Waals surface area contributed by atoms with Gasteiger partial charge in [0.2, 0.25) is 0 Å². The van der Waals surface area contributed by atoms with Crippen molar-refractivity contribution in [3.8, 4) is 5.75 Å². The van der Waals surface area contributed by atoms with Crippen molar-refractivity contribution in [2.24, 2.45) is 5.73 Å². The van der Waals surface area contributed by atoms with E-state index in [0.717, 1.165) is 6.07 Å².